The summed E-state index contributed by atoms with van der Waals surface area (Å²) >= 11 is 0. The van der Waals surface area contributed by atoms with Crippen LogP contribution in [0.3, 0.4) is 0 Å². The van der Waals surface area contributed by atoms with E-state index in [0.717, 1.165) is 18.8 Å². The van der Waals surface area contributed by atoms with Gasteiger partial charge < -0.3 is 15.8 Å². The number of nitrogens with one attached hydrogen (secondary N) is 1. The molecule has 0 atom stereocenters. The third-order valence-electron chi connectivity index (χ3n) is 2.84. The van der Waals surface area contributed by atoms with Crippen molar-refractivity contribution in [2.45, 2.75) is 45.6 Å². The Bertz CT molecular complexity index is 407. The van der Waals surface area contributed by atoms with E-state index in [4.69, 9.17) is 10.5 Å². The number of benzene rings is 1. The molecule has 0 spiro atoms. The Morgan fingerprint density at radius 2 is 1.90 bits per heavy atom. The molecule has 0 aromatic heterocycles. The van der Waals surface area contributed by atoms with E-state index in [9.17, 15) is 4.79 Å². The number of hydrogen-bond donors (Lipinski definition) is 2. The lowest BCUT2D eigenvalue weighted by Gasteiger charge is -2.18. The highest BCUT2D eigenvalue weighted by atomic mass is 16.5. The van der Waals surface area contributed by atoms with Gasteiger partial charge in [0.1, 0.15) is 5.75 Å². The van der Waals surface area contributed by atoms with Crippen molar-refractivity contribution in [3.8, 4) is 5.75 Å². The molecule has 0 fully saturated rings. The molecule has 1 amide bonds. The summed E-state index contributed by atoms with van der Waals surface area (Å²) < 4.78 is 5.61. The van der Waals surface area contributed by atoms with Crippen molar-refractivity contribution in [3.05, 3.63) is 29.8 Å². The van der Waals surface area contributed by atoms with E-state index >= 15 is 0 Å². The summed E-state index contributed by atoms with van der Waals surface area (Å²) in [6, 6.07) is 7.20. The van der Waals surface area contributed by atoms with Crippen LogP contribution in [-0.4, -0.2) is 24.6 Å². The summed E-state index contributed by atoms with van der Waals surface area (Å²) in [6.45, 7) is 7.08. The monoisotopic (exact) mass is 278 g/mol. The van der Waals surface area contributed by atoms with Gasteiger partial charge in [-0.2, -0.15) is 0 Å². The molecule has 0 heterocycles. The van der Waals surface area contributed by atoms with E-state index < -0.39 is 5.54 Å². The Balaban J connectivity index is 2.43. The number of unbranched alkanes of at least 4 members (excludes halogenated alkanes) is 2. The average molecular weight is 278 g/mol. The SMILES string of the molecule is CCCCCOc1ccc(C(=O)NCC(C)(C)N)cc1. The number of carbonyl (C=O) groups is 1. The predicted octanol–water partition coefficient (Wildman–Crippen LogP) is 2.72. The molecule has 0 aliphatic heterocycles. The second-order valence-electron chi connectivity index (χ2n) is 5.75. The lowest BCUT2D eigenvalue weighted by atomic mass is 10.1. The lowest BCUT2D eigenvalue weighted by molar-refractivity contribution is 0.0946. The fraction of sp³-hybridized carbons (Fsp3) is 0.562. The van der Waals surface area contributed by atoms with Gasteiger partial charge in [0.15, 0.2) is 0 Å². The maximum atomic E-state index is 11.9. The van der Waals surface area contributed by atoms with Gasteiger partial charge in [-0.25, -0.2) is 0 Å². The maximum Gasteiger partial charge on any atom is 0.251 e. The average Bonchev–Trinajstić information content (AvgIpc) is 2.41. The van der Waals surface area contributed by atoms with Crippen LogP contribution in [0.4, 0.5) is 0 Å². The summed E-state index contributed by atoms with van der Waals surface area (Å²) in [6.07, 6.45) is 3.42. The molecule has 1 aromatic carbocycles. The second-order valence-corrected chi connectivity index (χ2v) is 5.75. The van der Waals surface area contributed by atoms with Crippen LogP contribution in [0.5, 0.6) is 5.75 Å². The molecule has 4 nitrogen and oxygen atoms in total. The molecular weight excluding hydrogens is 252 g/mol. The normalized spacial score (nSPS) is 11.2. The van der Waals surface area contributed by atoms with Crippen molar-refractivity contribution in [2.75, 3.05) is 13.2 Å². The zero-order valence-electron chi connectivity index (χ0n) is 12.7. The van der Waals surface area contributed by atoms with Crippen molar-refractivity contribution < 1.29 is 9.53 Å². The number of hydrogen-bond acceptors (Lipinski definition) is 3. The van der Waals surface area contributed by atoms with Gasteiger partial charge in [0, 0.05) is 17.6 Å². The summed E-state index contributed by atoms with van der Waals surface area (Å²) in [5.74, 6) is 0.692. The number of rotatable bonds is 8. The van der Waals surface area contributed by atoms with Crippen LogP contribution in [-0.2, 0) is 0 Å². The molecule has 3 N–H and O–H groups in total. The first-order chi connectivity index (χ1) is 9.42. The smallest absolute Gasteiger partial charge is 0.251 e. The van der Waals surface area contributed by atoms with Crippen LogP contribution >= 0.6 is 0 Å². The van der Waals surface area contributed by atoms with E-state index in [1.165, 1.54) is 12.8 Å². The van der Waals surface area contributed by atoms with E-state index in [-0.39, 0.29) is 5.91 Å². The Morgan fingerprint density at radius 1 is 1.25 bits per heavy atom. The fourth-order valence-electron chi connectivity index (χ4n) is 1.65. The van der Waals surface area contributed by atoms with Crippen molar-refractivity contribution in [3.63, 3.8) is 0 Å². The Morgan fingerprint density at radius 3 is 2.45 bits per heavy atom. The molecule has 1 rings (SSSR count). The largest absolute Gasteiger partial charge is 0.494 e. The van der Waals surface area contributed by atoms with Gasteiger partial charge in [0.25, 0.3) is 5.91 Å². The first-order valence-electron chi connectivity index (χ1n) is 7.22. The van der Waals surface area contributed by atoms with Gasteiger partial charge in [0.05, 0.1) is 6.61 Å². The molecule has 0 bridgehead atoms. The van der Waals surface area contributed by atoms with Gasteiger partial charge in [-0.05, 0) is 44.5 Å². The first kappa shape index (κ1) is 16.5. The predicted molar refractivity (Wildman–Crippen MR) is 82.1 cm³/mol. The third kappa shape index (κ3) is 6.57. The van der Waals surface area contributed by atoms with Crippen LogP contribution in [0.2, 0.25) is 0 Å². The highest BCUT2D eigenvalue weighted by molar-refractivity contribution is 5.94. The van der Waals surface area contributed by atoms with Crippen molar-refractivity contribution in [2.24, 2.45) is 5.73 Å². The van der Waals surface area contributed by atoms with Crippen LogP contribution in [0, 0.1) is 0 Å². The number of amides is 1. The van der Waals surface area contributed by atoms with Gasteiger partial charge in [-0.1, -0.05) is 19.8 Å². The first-order valence-corrected chi connectivity index (χ1v) is 7.22. The highest BCUT2D eigenvalue weighted by Gasteiger charge is 2.13. The zero-order chi connectivity index (χ0) is 15.0. The Labute approximate surface area is 121 Å². The van der Waals surface area contributed by atoms with Crippen molar-refractivity contribution in [1.82, 2.24) is 5.32 Å². The highest BCUT2D eigenvalue weighted by Crippen LogP contribution is 2.13. The molecule has 112 valence electrons. The molecule has 0 saturated carbocycles. The van der Waals surface area contributed by atoms with E-state index in [1.54, 1.807) is 12.1 Å². The summed E-state index contributed by atoms with van der Waals surface area (Å²) in [7, 11) is 0. The summed E-state index contributed by atoms with van der Waals surface area (Å²) in [4.78, 5) is 11.9. The molecule has 0 aliphatic rings. The quantitative estimate of drug-likeness (QED) is 0.719. The van der Waals surface area contributed by atoms with Gasteiger partial charge >= 0.3 is 0 Å². The standard InChI is InChI=1S/C16H26N2O2/c1-4-5-6-11-20-14-9-7-13(8-10-14)15(19)18-12-16(2,3)17/h7-10H,4-6,11-12,17H2,1-3H3,(H,18,19). The van der Waals surface area contributed by atoms with Crippen LogP contribution in [0.25, 0.3) is 0 Å². The third-order valence-corrected chi connectivity index (χ3v) is 2.84. The Kier molecular flexibility index (Phi) is 6.52. The summed E-state index contributed by atoms with van der Waals surface area (Å²) in [5.41, 5.74) is 6.05. The molecule has 1 aromatic rings. The van der Waals surface area contributed by atoms with E-state index in [1.807, 2.05) is 26.0 Å². The molecule has 20 heavy (non-hydrogen) atoms. The zero-order valence-corrected chi connectivity index (χ0v) is 12.7. The topological polar surface area (TPSA) is 64.3 Å². The number of ether oxygens (including phenoxy) is 1. The van der Waals surface area contributed by atoms with Crippen molar-refractivity contribution >= 4 is 5.91 Å². The van der Waals surface area contributed by atoms with E-state index in [0.29, 0.717) is 12.1 Å². The molecule has 0 unspecified atom stereocenters. The summed E-state index contributed by atoms with van der Waals surface area (Å²) in [5, 5.41) is 2.81. The number of nitrogens with two attached hydrogens (primary N) is 1. The minimum Gasteiger partial charge on any atom is -0.494 e. The maximum absolute atomic E-state index is 11.9. The van der Waals surface area contributed by atoms with Gasteiger partial charge in [0.2, 0.25) is 0 Å². The van der Waals surface area contributed by atoms with Gasteiger partial charge in [-0.15, -0.1) is 0 Å². The fourth-order valence-corrected chi connectivity index (χ4v) is 1.65. The molecule has 0 saturated heterocycles. The number of carbonyl (C=O) groups excluding carboxylic acids is 1. The molecule has 0 radical (unpaired) electrons. The van der Waals surface area contributed by atoms with Crippen LogP contribution in [0.15, 0.2) is 24.3 Å². The molecule has 0 aliphatic carbocycles. The van der Waals surface area contributed by atoms with Crippen LogP contribution in [0.1, 0.15) is 50.4 Å². The van der Waals surface area contributed by atoms with Crippen LogP contribution < -0.4 is 15.8 Å². The Hall–Kier alpha value is -1.55. The van der Waals surface area contributed by atoms with E-state index in [2.05, 4.69) is 12.2 Å². The second kappa shape index (κ2) is 7.90. The van der Waals surface area contributed by atoms with Crippen molar-refractivity contribution in [1.29, 1.82) is 0 Å². The molecular formula is C16H26N2O2. The minimum atomic E-state index is -0.405. The van der Waals surface area contributed by atoms with Gasteiger partial charge in [-0.3, -0.25) is 4.79 Å². The minimum absolute atomic E-state index is 0.110. The lowest BCUT2D eigenvalue weighted by Crippen LogP contribution is -2.45. The molecule has 4 heteroatoms.